The Balaban J connectivity index is 2.43. The SMILES string of the molecule is CCC(CC)[NH2+]Cc1cc(=O)oc2c(C)c(O)ccc12. The van der Waals surface area contributed by atoms with Gasteiger partial charge >= 0.3 is 5.63 Å². The lowest BCUT2D eigenvalue weighted by molar-refractivity contribution is -0.704. The first-order valence-electron chi connectivity index (χ1n) is 7.15. The molecule has 1 aromatic heterocycles. The van der Waals surface area contributed by atoms with Gasteiger partial charge in [0, 0.05) is 22.6 Å². The van der Waals surface area contributed by atoms with Crippen molar-refractivity contribution < 1.29 is 14.8 Å². The van der Waals surface area contributed by atoms with Crippen molar-refractivity contribution in [3.05, 3.63) is 39.7 Å². The molecule has 0 atom stereocenters. The molecule has 20 heavy (non-hydrogen) atoms. The van der Waals surface area contributed by atoms with E-state index in [2.05, 4.69) is 19.2 Å². The molecule has 2 aromatic rings. The van der Waals surface area contributed by atoms with E-state index in [0.717, 1.165) is 30.3 Å². The maximum Gasteiger partial charge on any atom is 0.336 e. The molecule has 1 aromatic carbocycles. The number of nitrogens with two attached hydrogens (primary N) is 1. The number of phenols is 1. The Morgan fingerprint density at radius 2 is 2.00 bits per heavy atom. The summed E-state index contributed by atoms with van der Waals surface area (Å²) in [6.07, 6.45) is 2.21. The van der Waals surface area contributed by atoms with E-state index >= 15 is 0 Å². The van der Waals surface area contributed by atoms with Crippen LogP contribution >= 0.6 is 0 Å². The molecule has 3 N–H and O–H groups in total. The quantitative estimate of drug-likeness (QED) is 0.821. The van der Waals surface area contributed by atoms with Crippen molar-refractivity contribution >= 4 is 11.0 Å². The van der Waals surface area contributed by atoms with Crippen LogP contribution in [0.2, 0.25) is 0 Å². The summed E-state index contributed by atoms with van der Waals surface area (Å²) in [5.74, 6) is 0.154. The Morgan fingerprint density at radius 1 is 1.30 bits per heavy atom. The topological polar surface area (TPSA) is 67.0 Å². The van der Waals surface area contributed by atoms with E-state index in [1.165, 1.54) is 0 Å². The van der Waals surface area contributed by atoms with Crippen LogP contribution in [0.1, 0.15) is 37.8 Å². The molecule has 0 spiro atoms. The van der Waals surface area contributed by atoms with Gasteiger partial charge in [0.05, 0.1) is 6.04 Å². The molecule has 0 aliphatic rings. The molecule has 4 heteroatoms. The summed E-state index contributed by atoms with van der Waals surface area (Å²) in [5, 5.41) is 12.9. The molecule has 0 saturated carbocycles. The Kier molecular flexibility index (Phi) is 4.45. The first-order chi connectivity index (χ1) is 9.56. The second-order valence-corrected chi connectivity index (χ2v) is 5.19. The Labute approximate surface area is 118 Å². The summed E-state index contributed by atoms with van der Waals surface area (Å²) in [6, 6.07) is 5.59. The normalized spacial score (nSPS) is 11.4. The minimum Gasteiger partial charge on any atom is -0.508 e. The number of phenolic OH excluding ortho intramolecular Hbond substituents is 1. The minimum absolute atomic E-state index is 0.154. The Morgan fingerprint density at radius 3 is 2.65 bits per heavy atom. The molecular weight excluding hydrogens is 254 g/mol. The van der Waals surface area contributed by atoms with Crippen LogP contribution in [0.15, 0.2) is 27.4 Å². The lowest BCUT2D eigenvalue weighted by Crippen LogP contribution is -2.88. The van der Waals surface area contributed by atoms with Crippen molar-refractivity contribution in [2.45, 2.75) is 46.2 Å². The number of hydrogen-bond acceptors (Lipinski definition) is 3. The standard InChI is InChI=1S/C16H21NO3/c1-4-12(5-2)17-9-11-8-15(19)20-16-10(3)14(18)7-6-13(11)16/h6-8,12,17-18H,4-5,9H2,1-3H3/p+1. The highest BCUT2D eigenvalue weighted by Gasteiger charge is 2.13. The first-order valence-corrected chi connectivity index (χ1v) is 7.15. The zero-order valence-corrected chi connectivity index (χ0v) is 12.3. The van der Waals surface area contributed by atoms with Crippen LogP contribution in [0.5, 0.6) is 5.75 Å². The number of benzene rings is 1. The van der Waals surface area contributed by atoms with Crippen molar-refractivity contribution in [3.8, 4) is 5.75 Å². The number of aromatic hydroxyl groups is 1. The third kappa shape index (κ3) is 2.85. The van der Waals surface area contributed by atoms with E-state index in [-0.39, 0.29) is 11.4 Å². The summed E-state index contributed by atoms with van der Waals surface area (Å²) >= 11 is 0. The number of hydrogen-bond donors (Lipinski definition) is 2. The van der Waals surface area contributed by atoms with E-state index in [1.807, 2.05) is 6.07 Å². The molecule has 2 rings (SSSR count). The fourth-order valence-electron chi connectivity index (χ4n) is 2.50. The average molecular weight is 276 g/mol. The molecule has 0 bridgehead atoms. The smallest absolute Gasteiger partial charge is 0.336 e. The van der Waals surface area contributed by atoms with Gasteiger partial charge in [-0.15, -0.1) is 0 Å². The van der Waals surface area contributed by atoms with Gasteiger partial charge < -0.3 is 14.8 Å². The van der Waals surface area contributed by atoms with Crippen molar-refractivity contribution in [2.75, 3.05) is 0 Å². The van der Waals surface area contributed by atoms with Gasteiger partial charge in [-0.05, 0) is 31.9 Å². The molecular formula is C16H22NO3+. The van der Waals surface area contributed by atoms with Crippen molar-refractivity contribution in [1.82, 2.24) is 0 Å². The Hall–Kier alpha value is -1.81. The van der Waals surface area contributed by atoms with Crippen LogP contribution in [0.25, 0.3) is 11.0 Å². The van der Waals surface area contributed by atoms with Crippen LogP contribution in [0.4, 0.5) is 0 Å². The minimum atomic E-state index is -0.362. The molecule has 0 aliphatic heterocycles. The predicted octanol–water partition coefficient (Wildman–Crippen LogP) is 2.06. The monoisotopic (exact) mass is 276 g/mol. The van der Waals surface area contributed by atoms with Gasteiger partial charge in [-0.25, -0.2) is 4.79 Å². The molecule has 0 amide bonds. The number of quaternary nitrogens is 1. The van der Waals surface area contributed by atoms with Crippen LogP contribution in [0.3, 0.4) is 0 Å². The van der Waals surface area contributed by atoms with E-state index in [0.29, 0.717) is 17.2 Å². The summed E-state index contributed by atoms with van der Waals surface area (Å²) < 4.78 is 5.24. The molecule has 0 aliphatic carbocycles. The van der Waals surface area contributed by atoms with Crippen LogP contribution < -0.4 is 10.9 Å². The lowest BCUT2D eigenvalue weighted by atomic mass is 10.1. The van der Waals surface area contributed by atoms with Gasteiger partial charge in [0.2, 0.25) is 0 Å². The molecule has 4 nitrogen and oxygen atoms in total. The van der Waals surface area contributed by atoms with Gasteiger partial charge in [0.15, 0.2) is 0 Å². The predicted molar refractivity (Wildman–Crippen MR) is 78.9 cm³/mol. The summed E-state index contributed by atoms with van der Waals surface area (Å²) in [7, 11) is 0. The lowest BCUT2D eigenvalue weighted by Gasteiger charge is -2.12. The fraction of sp³-hybridized carbons (Fsp3) is 0.438. The number of fused-ring (bicyclic) bond motifs is 1. The maximum absolute atomic E-state index is 11.7. The van der Waals surface area contributed by atoms with Crippen molar-refractivity contribution in [2.24, 2.45) is 0 Å². The third-order valence-corrected chi connectivity index (χ3v) is 3.94. The van der Waals surface area contributed by atoms with Gasteiger partial charge in [-0.2, -0.15) is 0 Å². The first kappa shape index (κ1) is 14.6. The van der Waals surface area contributed by atoms with Crippen LogP contribution in [-0.2, 0) is 6.54 Å². The average Bonchev–Trinajstić information content (AvgIpc) is 2.44. The number of aryl methyl sites for hydroxylation is 1. The Bertz CT molecular complexity index is 657. The van der Waals surface area contributed by atoms with E-state index in [4.69, 9.17) is 4.42 Å². The zero-order valence-electron chi connectivity index (χ0n) is 12.3. The van der Waals surface area contributed by atoms with E-state index in [1.54, 1.807) is 19.1 Å². The fourth-order valence-corrected chi connectivity index (χ4v) is 2.50. The largest absolute Gasteiger partial charge is 0.508 e. The second-order valence-electron chi connectivity index (χ2n) is 5.19. The molecule has 0 radical (unpaired) electrons. The van der Waals surface area contributed by atoms with Gasteiger partial charge in [-0.1, -0.05) is 13.8 Å². The highest BCUT2D eigenvalue weighted by Crippen LogP contribution is 2.26. The maximum atomic E-state index is 11.7. The summed E-state index contributed by atoms with van der Waals surface area (Å²) in [6.45, 7) is 6.85. The number of rotatable bonds is 5. The highest BCUT2D eigenvalue weighted by atomic mass is 16.4. The molecule has 0 unspecified atom stereocenters. The molecule has 0 saturated heterocycles. The van der Waals surface area contributed by atoms with Crippen molar-refractivity contribution in [1.29, 1.82) is 0 Å². The van der Waals surface area contributed by atoms with Gasteiger partial charge in [0.1, 0.15) is 17.9 Å². The van der Waals surface area contributed by atoms with Crippen LogP contribution in [-0.4, -0.2) is 11.1 Å². The molecule has 108 valence electrons. The third-order valence-electron chi connectivity index (χ3n) is 3.94. The van der Waals surface area contributed by atoms with Gasteiger partial charge in [-0.3, -0.25) is 0 Å². The van der Waals surface area contributed by atoms with E-state index in [9.17, 15) is 9.90 Å². The van der Waals surface area contributed by atoms with E-state index < -0.39 is 0 Å². The second kappa shape index (κ2) is 6.09. The van der Waals surface area contributed by atoms with Crippen LogP contribution in [0, 0.1) is 6.92 Å². The molecule has 1 heterocycles. The van der Waals surface area contributed by atoms with Gasteiger partial charge in [0.25, 0.3) is 0 Å². The molecule has 0 fully saturated rings. The highest BCUT2D eigenvalue weighted by molar-refractivity contribution is 5.84. The summed E-state index contributed by atoms with van der Waals surface area (Å²) in [5.41, 5.74) is 1.71. The zero-order chi connectivity index (χ0) is 14.7. The van der Waals surface area contributed by atoms with Crippen molar-refractivity contribution in [3.63, 3.8) is 0 Å². The summed E-state index contributed by atoms with van der Waals surface area (Å²) in [4.78, 5) is 11.7.